The molecule has 8 nitrogen and oxygen atoms in total. The smallest absolute Gasteiger partial charge is 0.264 e. The Bertz CT molecular complexity index is 1720. The molecule has 0 bridgehead atoms. The highest BCUT2D eigenvalue weighted by molar-refractivity contribution is 7.92. The zero-order chi connectivity index (χ0) is 33.3. The van der Waals surface area contributed by atoms with Gasteiger partial charge < -0.3 is 15.0 Å². The number of nitrogens with zero attached hydrogens (tertiary/aromatic N) is 2. The Balaban J connectivity index is 1.81. The van der Waals surface area contributed by atoms with Crippen LogP contribution in [0.15, 0.2) is 108 Å². The molecule has 0 saturated carbocycles. The summed E-state index contributed by atoms with van der Waals surface area (Å²) in [6, 6.07) is 27.4. The molecule has 2 amide bonds. The molecule has 4 rings (SSSR count). The third-order valence-electron chi connectivity index (χ3n) is 7.61. The first-order valence-electron chi connectivity index (χ1n) is 14.8. The van der Waals surface area contributed by atoms with Crippen molar-refractivity contribution < 1.29 is 22.7 Å². The molecular weight excluding hydrogens is 645 g/mol. The van der Waals surface area contributed by atoms with Gasteiger partial charge in [-0.3, -0.25) is 13.9 Å². The van der Waals surface area contributed by atoms with Gasteiger partial charge in [-0.2, -0.15) is 0 Å². The number of sulfonamides is 1. The van der Waals surface area contributed by atoms with Crippen molar-refractivity contribution in [3.63, 3.8) is 0 Å². The molecule has 0 spiro atoms. The lowest BCUT2D eigenvalue weighted by Crippen LogP contribution is -2.54. The number of benzene rings is 4. The van der Waals surface area contributed by atoms with E-state index < -0.39 is 28.5 Å². The monoisotopic (exact) mass is 681 g/mol. The first-order chi connectivity index (χ1) is 22.0. The van der Waals surface area contributed by atoms with E-state index in [0.29, 0.717) is 27.8 Å². The number of anilines is 1. The minimum atomic E-state index is -4.27. The first kappa shape index (κ1) is 34.8. The van der Waals surface area contributed by atoms with Crippen LogP contribution in [0.4, 0.5) is 5.69 Å². The Labute approximate surface area is 280 Å². The van der Waals surface area contributed by atoms with Crippen LogP contribution in [0.25, 0.3) is 0 Å². The average molecular weight is 683 g/mol. The number of halogens is 2. The molecule has 0 aromatic heterocycles. The molecule has 0 aliphatic rings. The summed E-state index contributed by atoms with van der Waals surface area (Å²) < 4.78 is 34.5. The van der Waals surface area contributed by atoms with Crippen LogP contribution in [0.3, 0.4) is 0 Å². The van der Waals surface area contributed by atoms with Gasteiger partial charge in [-0.1, -0.05) is 78.7 Å². The van der Waals surface area contributed by atoms with Gasteiger partial charge in [-0.05, 0) is 79.1 Å². The molecule has 0 aliphatic carbocycles. The normalized spacial score (nSPS) is 12.5. The lowest BCUT2D eigenvalue weighted by molar-refractivity contribution is -0.140. The quantitative estimate of drug-likeness (QED) is 0.159. The summed E-state index contributed by atoms with van der Waals surface area (Å²) in [6.07, 6.45) is 0.887. The summed E-state index contributed by atoms with van der Waals surface area (Å²) >= 11 is 12.7. The predicted molar refractivity (Wildman–Crippen MR) is 183 cm³/mol. The Morgan fingerprint density at radius 1 is 0.870 bits per heavy atom. The van der Waals surface area contributed by atoms with Crippen molar-refractivity contribution >= 4 is 50.7 Å². The van der Waals surface area contributed by atoms with E-state index in [1.807, 2.05) is 44.2 Å². The van der Waals surface area contributed by atoms with Crippen molar-refractivity contribution in [1.82, 2.24) is 10.2 Å². The minimum Gasteiger partial charge on any atom is -0.497 e. The molecule has 0 fully saturated rings. The van der Waals surface area contributed by atoms with E-state index in [4.69, 9.17) is 27.9 Å². The second-order valence-corrected chi connectivity index (χ2v) is 13.5. The second-order valence-electron chi connectivity index (χ2n) is 10.8. The maximum atomic E-state index is 14.5. The van der Waals surface area contributed by atoms with Crippen molar-refractivity contribution in [2.75, 3.05) is 18.0 Å². The van der Waals surface area contributed by atoms with Crippen LogP contribution in [-0.2, 0) is 32.6 Å². The first-order valence-corrected chi connectivity index (χ1v) is 17.0. The minimum absolute atomic E-state index is 0.0268. The molecule has 4 aromatic rings. The summed E-state index contributed by atoms with van der Waals surface area (Å²) in [6.45, 7) is 3.22. The molecule has 4 aromatic carbocycles. The van der Waals surface area contributed by atoms with Crippen LogP contribution in [0.1, 0.15) is 31.4 Å². The van der Waals surface area contributed by atoms with Gasteiger partial charge >= 0.3 is 0 Å². The molecular formula is C35H37Cl2N3O5S. The van der Waals surface area contributed by atoms with E-state index in [-0.39, 0.29) is 35.5 Å². The van der Waals surface area contributed by atoms with E-state index in [9.17, 15) is 18.0 Å². The maximum Gasteiger partial charge on any atom is 0.264 e. The number of carbonyl (C=O) groups is 2. The van der Waals surface area contributed by atoms with E-state index >= 15 is 0 Å². The van der Waals surface area contributed by atoms with Crippen LogP contribution in [-0.4, -0.2) is 50.9 Å². The zero-order valence-corrected chi connectivity index (χ0v) is 28.2. The van der Waals surface area contributed by atoms with Crippen LogP contribution in [0.5, 0.6) is 5.75 Å². The fourth-order valence-corrected chi connectivity index (χ4v) is 6.55. The number of amides is 2. The summed E-state index contributed by atoms with van der Waals surface area (Å²) in [4.78, 5) is 29.8. The van der Waals surface area contributed by atoms with Crippen molar-refractivity contribution in [2.24, 2.45) is 0 Å². The van der Waals surface area contributed by atoms with Crippen molar-refractivity contribution in [2.45, 2.75) is 50.2 Å². The fraction of sp³-hybridized carbons (Fsp3) is 0.257. The Hall–Kier alpha value is -4.05. The summed E-state index contributed by atoms with van der Waals surface area (Å²) in [5.41, 5.74) is 1.68. The van der Waals surface area contributed by atoms with Crippen molar-refractivity contribution in [1.29, 1.82) is 0 Å². The molecule has 0 heterocycles. The van der Waals surface area contributed by atoms with Crippen molar-refractivity contribution in [3.05, 3.63) is 124 Å². The molecule has 2 unspecified atom stereocenters. The Kier molecular flexibility index (Phi) is 12.1. The molecule has 11 heteroatoms. The lowest BCUT2D eigenvalue weighted by Gasteiger charge is -2.34. The van der Waals surface area contributed by atoms with Gasteiger partial charge in [-0.25, -0.2) is 8.42 Å². The van der Waals surface area contributed by atoms with Gasteiger partial charge in [-0.15, -0.1) is 0 Å². The van der Waals surface area contributed by atoms with Gasteiger partial charge in [0.2, 0.25) is 11.8 Å². The predicted octanol–water partition coefficient (Wildman–Crippen LogP) is 6.75. The number of ether oxygens (including phenoxy) is 1. The fourth-order valence-electron chi connectivity index (χ4n) is 4.82. The summed E-state index contributed by atoms with van der Waals surface area (Å²) in [7, 11) is -2.78. The molecule has 2 atom stereocenters. The van der Waals surface area contributed by atoms with E-state index in [0.717, 1.165) is 9.87 Å². The molecule has 242 valence electrons. The van der Waals surface area contributed by atoms with Crippen molar-refractivity contribution in [3.8, 4) is 5.75 Å². The molecule has 0 aliphatic heterocycles. The van der Waals surface area contributed by atoms with Crippen LogP contribution < -0.4 is 14.4 Å². The van der Waals surface area contributed by atoms with Gasteiger partial charge in [0.1, 0.15) is 18.3 Å². The molecule has 46 heavy (non-hydrogen) atoms. The van der Waals surface area contributed by atoms with Crippen LogP contribution in [0, 0.1) is 0 Å². The lowest BCUT2D eigenvalue weighted by atomic mass is 10.0. The standard InChI is InChI=1S/C35H37Cl2N3O5S/c1-4-25(2)38-35(42)33(22-26-10-6-5-7-11-26)39(23-27-12-8-9-13-32(27)37)34(41)24-40(29-16-14-28(36)15-17-29)46(43,44)31-20-18-30(45-3)19-21-31/h5-21,25,33H,4,22-24H2,1-3H3,(H,38,42). The van der Waals surface area contributed by atoms with Crippen LogP contribution >= 0.6 is 23.2 Å². The number of hydrogen-bond donors (Lipinski definition) is 1. The number of methoxy groups -OCH3 is 1. The van der Waals surface area contributed by atoms with Crippen LogP contribution in [0.2, 0.25) is 10.0 Å². The number of carbonyl (C=O) groups excluding carboxylic acids is 2. The number of rotatable bonds is 14. The topological polar surface area (TPSA) is 96.0 Å². The van der Waals surface area contributed by atoms with E-state index in [1.54, 1.807) is 36.4 Å². The zero-order valence-electron chi connectivity index (χ0n) is 25.9. The Morgan fingerprint density at radius 2 is 1.50 bits per heavy atom. The maximum absolute atomic E-state index is 14.5. The molecule has 1 N–H and O–H groups in total. The highest BCUT2D eigenvalue weighted by atomic mass is 35.5. The second kappa shape index (κ2) is 16.0. The third-order valence-corrected chi connectivity index (χ3v) is 10.0. The van der Waals surface area contributed by atoms with E-state index in [2.05, 4.69) is 5.32 Å². The third kappa shape index (κ3) is 8.81. The summed E-state index contributed by atoms with van der Waals surface area (Å²) in [5.74, 6) is -0.461. The largest absolute Gasteiger partial charge is 0.497 e. The van der Waals surface area contributed by atoms with E-state index in [1.165, 1.54) is 48.4 Å². The highest BCUT2D eigenvalue weighted by Gasteiger charge is 2.35. The van der Waals surface area contributed by atoms with Gasteiger partial charge in [0.15, 0.2) is 0 Å². The Morgan fingerprint density at radius 3 is 2.11 bits per heavy atom. The SMILES string of the molecule is CCC(C)NC(=O)C(Cc1ccccc1)N(Cc1ccccc1Cl)C(=O)CN(c1ccc(Cl)cc1)S(=O)(=O)c1ccc(OC)cc1. The number of nitrogens with one attached hydrogen (secondary N) is 1. The highest BCUT2D eigenvalue weighted by Crippen LogP contribution is 2.28. The molecule has 0 radical (unpaired) electrons. The van der Waals surface area contributed by atoms with Gasteiger partial charge in [0.05, 0.1) is 17.7 Å². The number of hydrogen-bond acceptors (Lipinski definition) is 5. The average Bonchev–Trinajstić information content (AvgIpc) is 3.06. The summed E-state index contributed by atoms with van der Waals surface area (Å²) in [5, 5.41) is 3.84. The van der Waals surface area contributed by atoms with Gasteiger partial charge in [0.25, 0.3) is 10.0 Å². The molecule has 0 saturated heterocycles. The van der Waals surface area contributed by atoms with Gasteiger partial charge in [0, 0.05) is 29.1 Å².